The van der Waals surface area contributed by atoms with Crippen LogP contribution in [0.3, 0.4) is 0 Å². The summed E-state index contributed by atoms with van der Waals surface area (Å²) in [4.78, 5) is 29.4. The normalized spacial score (nSPS) is 15.1. The van der Waals surface area contributed by atoms with Crippen LogP contribution in [0.25, 0.3) is 21.9 Å². The zero-order valence-electron chi connectivity index (χ0n) is 16.5. The molecule has 4 aromatic rings. The van der Waals surface area contributed by atoms with E-state index < -0.39 is 5.63 Å². The summed E-state index contributed by atoms with van der Waals surface area (Å²) in [5, 5.41) is 5.49. The first-order chi connectivity index (χ1) is 14.7. The van der Waals surface area contributed by atoms with Crippen LogP contribution in [-0.4, -0.2) is 51.7 Å². The molecular formula is C23H22N4O3. The van der Waals surface area contributed by atoms with Gasteiger partial charge in [-0.2, -0.15) is 5.10 Å². The van der Waals surface area contributed by atoms with Gasteiger partial charge in [-0.25, -0.2) is 4.79 Å². The Labute approximate surface area is 173 Å². The summed E-state index contributed by atoms with van der Waals surface area (Å²) in [6.07, 6.45) is 1.48. The van der Waals surface area contributed by atoms with E-state index in [2.05, 4.69) is 22.1 Å². The van der Waals surface area contributed by atoms with Crippen molar-refractivity contribution >= 4 is 27.8 Å². The monoisotopic (exact) mass is 402 g/mol. The largest absolute Gasteiger partial charge is 0.422 e. The van der Waals surface area contributed by atoms with Crippen LogP contribution >= 0.6 is 0 Å². The maximum Gasteiger partial charge on any atom is 0.347 e. The summed E-state index contributed by atoms with van der Waals surface area (Å²) in [5.41, 5.74) is 2.00. The van der Waals surface area contributed by atoms with Crippen molar-refractivity contribution in [3.63, 3.8) is 0 Å². The van der Waals surface area contributed by atoms with E-state index in [9.17, 15) is 9.59 Å². The maximum atomic E-state index is 12.9. The summed E-state index contributed by atoms with van der Waals surface area (Å²) >= 11 is 0. The third kappa shape index (κ3) is 3.48. The van der Waals surface area contributed by atoms with E-state index in [-0.39, 0.29) is 12.5 Å². The predicted octanol–water partition coefficient (Wildman–Crippen LogP) is 2.49. The number of para-hydroxylation sites is 1. The molecule has 152 valence electrons. The summed E-state index contributed by atoms with van der Waals surface area (Å²) in [6, 6.07) is 17.7. The van der Waals surface area contributed by atoms with Gasteiger partial charge in [0.15, 0.2) is 0 Å². The first-order valence-corrected chi connectivity index (χ1v) is 10.1. The minimum absolute atomic E-state index is 0.0108. The molecule has 2 aromatic carbocycles. The molecular weight excluding hydrogens is 380 g/mol. The number of benzene rings is 2. The number of fused-ring (bicyclic) bond motifs is 3. The number of amides is 1. The quantitative estimate of drug-likeness (QED) is 0.491. The van der Waals surface area contributed by atoms with Crippen LogP contribution in [0.5, 0.6) is 0 Å². The Morgan fingerprint density at radius 3 is 2.47 bits per heavy atom. The summed E-state index contributed by atoms with van der Waals surface area (Å²) in [5.74, 6) is 0.0108. The second kappa shape index (κ2) is 7.76. The predicted molar refractivity (Wildman–Crippen MR) is 114 cm³/mol. The Bertz CT molecular complexity index is 1250. The number of piperazine rings is 1. The Kier molecular flexibility index (Phi) is 4.80. The molecule has 30 heavy (non-hydrogen) atoms. The minimum Gasteiger partial charge on any atom is -0.422 e. The lowest BCUT2D eigenvalue weighted by Crippen LogP contribution is -2.49. The fraction of sp³-hybridized carbons (Fsp3) is 0.261. The van der Waals surface area contributed by atoms with Gasteiger partial charge >= 0.3 is 5.63 Å². The highest BCUT2D eigenvalue weighted by atomic mass is 16.4. The number of hydrogen-bond donors (Lipinski definition) is 0. The van der Waals surface area contributed by atoms with E-state index in [1.165, 1.54) is 11.8 Å². The number of rotatable bonds is 4. The third-order valence-corrected chi connectivity index (χ3v) is 5.66. The van der Waals surface area contributed by atoms with Crippen molar-refractivity contribution in [3.05, 3.63) is 76.8 Å². The van der Waals surface area contributed by atoms with Crippen LogP contribution in [0.1, 0.15) is 5.56 Å². The first-order valence-electron chi connectivity index (χ1n) is 10.1. The molecule has 0 bridgehead atoms. The zero-order chi connectivity index (χ0) is 20.5. The van der Waals surface area contributed by atoms with Gasteiger partial charge in [-0.1, -0.05) is 42.5 Å². The second-order valence-corrected chi connectivity index (χ2v) is 7.59. The molecule has 0 N–H and O–H groups in total. The fourth-order valence-corrected chi connectivity index (χ4v) is 4.07. The Hall–Kier alpha value is -3.45. The molecule has 0 radical (unpaired) electrons. The van der Waals surface area contributed by atoms with E-state index in [0.29, 0.717) is 29.6 Å². The second-order valence-electron chi connectivity index (χ2n) is 7.59. The number of hydrogen-bond acceptors (Lipinski definition) is 5. The zero-order valence-corrected chi connectivity index (χ0v) is 16.5. The summed E-state index contributed by atoms with van der Waals surface area (Å²) < 4.78 is 6.98. The molecule has 5 rings (SSSR count). The molecule has 1 aliphatic heterocycles. The van der Waals surface area contributed by atoms with Crippen molar-refractivity contribution in [1.82, 2.24) is 19.6 Å². The van der Waals surface area contributed by atoms with Gasteiger partial charge in [-0.15, -0.1) is 0 Å². The number of aromatic nitrogens is 2. The molecule has 0 atom stereocenters. The highest BCUT2D eigenvalue weighted by Crippen LogP contribution is 2.22. The van der Waals surface area contributed by atoms with Crippen LogP contribution in [0, 0.1) is 0 Å². The smallest absolute Gasteiger partial charge is 0.347 e. The summed E-state index contributed by atoms with van der Waals surface area (Å²) in [7, 11) is 0. The van der Waals surface area contributed by atoms with Crippen molar-refractivity contribution < 1.29 is 9.21 Å². The van der Waals surface area contributed by atoms with Gasteiger partial charge in [0.05, 0.1) is 11.7 Å². The highest BCUT2D eigenvalue weighted by Gasteiger charge is 2.23. The van der Waals surface area contributed by atoms with Crippen molar-refractivity contribution in [2.75, 3.05) is 26.2 Å². The average Bonchev–Trinajstić information content (AvgIpc) is 3.20. The molecule has 0 saturated carbocycles. The highest BCUT2D eigenvalue weighted by molar-refractivity contribution is 6.02. The van der Waals surface area contributed by atoms with Gasteiger partial charge < -0.3 is 9.32 Å². The molecule has 1 aliphatic rings. The average molecular weight is 402 g/mol. The van der Waals surface area contributed by atoms with Crippen LogP contribution in [0.15, 0.2) is 70.0 Å². The van der Waals surface area contributed by atoms with Gasteiger partial charge in [0.1, 0.15) is 17.5 Å². The molecule has 2 aromatic heterocycles. The van der Waals surface area contributed by atoms with Crippen LogP contribution in [-0.2, 0) is 17.9 Å². The van der Waals surface area contributed by atoms with Crippen molar-refractivity contribution in [2.45, 2.75) is 13.1 Å². The molecule has 7 nitrogen and oxygen atoms in total. The van der Waals surface area contributed by atoms with Crippen molar-refractivity contribution in [1.29, 1.82) is 0 Å². The van der Waals surface area contributed by atoms with Crippen molar-refractivity contribution in [3.8, 4) is 0 Å². The lowest BCUT2D eigenvalue weighted by Gasteiger charge is -2.34. The molecule has 0 aliphatic carbocycles. The number of nitrogens with zero attached hydrogens (tertiary/aromatic N) is 4. The van der Waals surface area contributed by atoms with Crippen LogP contribution in [0.4, 0.5) is 0 Å². The Morgan fingerprint density at radius 1 is 0.933 bits per heavy atom. The fourth-order valence-electron chi connectivity index (χ4n) is 4.07. The SMILES string of the molecule is O=C(Cn1ncc2c(=O)oc3ccccc3c21)N1CCN(Cc2ccccc2)CC1. The van der Waals surface area contributed by atoms with E-state index >= 15 is 0 Å². The van der Waals surface area contributed by atoms with Gasteiger partial charge in [0, 0.05) is 38.1 Å². The molecule has 1 amide bonds. The summed E-state index contributed by atoms with van der Waals surface area (Å²) in [6.45, 7) is 4.06. The number of carbonyl (C=O) groups is 1. The Morgan fingerprint density at radius 2 is 1.67 bits per heavy atom. The third-order valence-electron chi connectivity index (χ3n) is 5.66. The standard InChI is InChI=1S/C23H22N4O3/c28-21(26-12-10-25(11-13-26)15-17-6-2-1-3-7-17)16-27-22-18-8-4-5-9-20(18)30-23(29)19(22)14-24-27/h1-9,14H,10-13,15-16H2. The topological polar surface area (TPSA) is 71.6 Å². The molecule has 7 heteroatoms. The van der Waals surface area contributed by atoms with Crippen LogP contribution < -0.4 is 5.63 Å². The van der Waals surface area contributed by atoms with Gasteiger partial charge in [0.25, 0.3) is 0 Å². The lowest BCUT2D eigenvalue weighted by molar-refractivity contribution is -0.133. The number of carbonyl (C=O) groups excluding carboxylic acids is 1. The van der Waals surface area contributed by atoms with E-state index in [0.717, 1.165) is 25.0 Å². The van der Waals surface area contributed by atoms with E-state index in [1.807, 2.05) is 41.3 Å². The van der Waals surface area contributed by atoms with Gasteiger partial charge in [-0.05, 0) is 17.7 Å². The van der Waals surface area contributed by atoms with Crippen LogP contribution in [0.2, 0.25) is 0 Å². The van der Waals surface area contributed by atoms with Gasteiger partial charge in [0.2, 0.25) is 5.91 Å². The molecule has 0 spiro atoms. The Balaban J connectivity index is 1.31. The van der Waals surface area contributed by atoms with Gasteiger partial charge in [-0.3, -0.25) is 14.4 Å². The molecule has 3 heterocycles. The molecule has 0 unspecified atom stereocenters. The molecule has 1 fully saturated rings. The lowest BCUT2D eigenvalue weighted by atomic mass is 10.2. The van der Waals surface area contributed by atoms with E-state index in [4.69, 9.17) is 4.42 Å². The van der Waals surface area contributed by atoms with Crippen molar-refractivity contribution in [2.24, 2.45) is 0 Å². The minimum atomic E-state index is -0.433. The maximum absolute atomic E-state index is 12.9. The van der Waals surface area contributed by atoms with E-state index in [1.54, 1.807) is 10.7 Å². The first kappa shape index (κ1) is 18.6. The molecule has 1 saturated heterocycles.